The van der Waals surface area contributed by atoms with Crippen molar-refractivity contribution in [3.8, 4) is 0 Å². The van der Waals surface area contributed by atoms with Crippen molar-refractivity contribution >= 4 is 15.9 Å². The molecule has 1 saturated carbocycles. The number of alkyl halides is 1. The van der Waals surface area contributed by atoms with E-state index in [2.05, 4.69) is 22.9 Å². The second kappa shape index (κ2) is 10.3. The molecular formula is C14H27BrO2. The van der Waals surface area contributed by atoms with E-state index in [9.17, 15) is 0 Å². The van der Waals surface area contributed by atoms with Crippen LogP contribution in [0.15, 0.2) is 0 Å². The number of unbranched alkanes of at least 4 members (excludes halogenated alkanes) is 1. The van der Waals surface area contributed by atoms with Gasteiger partial charge in [-0.05, 0) is 19.3 Å². The summed E-state index contributed by atoms with van der Waals surface area (Å²) in [6.45, 7) is 4.55. The lowest BCUT2D eigenvalue weighted by Gasteiger charge is -2.25. The van der Waals surface area contributed by atoms with Gasteiger partial charge >= 0.3 is 0 Å². The van der Waals surface area contributed by atoms with Gasteiger partial charge in [0.2, 0.25) is 0 Å². The van der Waals surface area contributed by atoms with Gasteiger partial charge in [-0.3, -0.25) is 0 Å². The van der Waals surface area contributed by atoms with Crippen molar-refractivity contribution in [3.63, 3.8) is 0 Å². The van der Waals surface area contributed by atoms with Crippen LogP contribution in [0.1, 0.15) is 58.3 Å². The van der Waals surface area contributed by atoms with Crippen molar-refractivity contribution < 1.29 is 9.47 Å². The first-order valence-electron chi connectivity index (χ1n) is 7.18. The van der Waals surface area contributed by atoms with Gasteiger partial charge in [0.1, 0.15) is 0 Å². The van der Waals surface area contributed by atoms with Crippen LogP contribution < -0.4 is 0 Å². The number of ether oxygens (including phenoxy) is 2. The summed E-state index contributed by atoms with van der Waals surface area (Å²) < 4.78 is 11.5. The van der Waals surface area contributed by atoms with Crippen LogP contribution in [0.2, 0.25) is 0 Å². The molecule has 3 heteroatoms. The van der Waals surface area contributed by atoms with E-state index in [4.69, 9.17) is 9.47 Å². The zero-order valence-electron chi connectivity index (χ0n) is 11.1. The van der Waals surface area contributed by atoms with Crippen molar-refractivity contribution in [1.82, 2.24) is 0 Å². The number of hydrogen-bond donors (Lipinski definition) is 0. The average molecular weight is 307 g/mol. The first kappa shape index (κ1) is 15.5. The van der Waals surface area contributed by atoms with Gasteiger partial charge in [-0.15, -0.1) is 0 Å². The molecule has 0 spiro atoms. The van der Waals surface area contributed by atoms with Crippen molar-refractivity contribution in [2.24, 2.45) is 0 Å². The van der Waals surface area contributed by atoms with E-state index < -0.39 is 0 Å². The molecule has 0 aromatic carbocycles. The van der Waals surface area contributed by atoms with Gasteiger partial charge in [0.05, 0.1) is 19.3 Å². The molecule has 0 amide bonds. The Morgan fingerprint density at radius 2 is 1.76 bits per heavy atom. The van der Waals surface area contributed by atoms with E-state index in [0.29, 0.717) is 10.9 Å². The maximum Gasteiger partial charge on any atom is 0.0704 e. The molecule has 17 heavy (non-hydrogen) atoms. The Kier molecular flexibility index (Phi) is 9.40. The molecule has 0 heterocycles. The minimum Gasteiger partial charge on any atom is -0.379 e. The molecule has 2 nitrogen and oxygen atoms in total. The summed E-state index contributed by atoms with van der Waals surface area (Å²) in [6.07, 6.45) is 10.6. The van der Waals surface area contributed by atoms with Gasteiger partial charge in [-0.25, -0.2) is 0 Å². The highest BCUT2D eigenvalue weighted by molar-refractivity contribution is 9.09. The highest BCUT2D eigenvalue weighted by Gasteiger charge is 2.20. The summed E-state index contributed by atoms with van der Waals surface area (Å²) in [6, 6.07) is 0. The van der Waals surface area contributed by atoms with E-state index in [1.807, 2.05) is 0 Å². The van der Waals surface area contributed by atoms with Crippen LogP contribution in [-0.4, -0.2) is 30.8 Å². The molecule has 0 bridgehead atoms. The Morgan fingerprint density at radius 3 is 2.53 bits per heavy atom. The second-order valence-electron chi connectivity index (χ2n) is 4.88. The zero-order chi connectivity index (χ0) is 12.3. The van der Waals surface area contributed by atoms with Crippen LogP contribution in [0.3, 0.4) is 0 Å². The molecule has 0 N–H and O–H groups in total. The van der Waals surface area contributed by atoms with E-state index in [0.717, 1.165) is 26.2 Å². The summed E-state index contributed by atoms with van der Waals surface area (Å²) in [5, 5.41) is 0. The van der Waals surface area contributed by atoms with Gasteiger partial charge < -0.3 is 9.47 Å². The topological polar surface area (TPSA) is 18.5 Å². The van der Waals surface area contributed by atoms with Crippen LogP contribution in [0.4, 0.5) is 0 Å². The van der Waals surface area contributed by atoms with Crippen LogP contribution in [0.25, 0.3) is 0 Å². The molecule has 0 aliphatic heterocycles. The Balaban J connectivity index is 2.06. The van der Waals surface area contributed by atoms with Crippen LogP contribution >= 0.6 is 15.9 Å². The second-order valence-corrected chi connectivity index (χ2v) is 6.06. The summed E-state index contributed by atoms with van der Waals surface area (Å²) in [5.74, 6) is 0. The third-order valence-corrected chi connectivity index (χ3v) is 4.37. The molecular weight excluding hydrogens is 280 g/mol. The van der Waals surface area contributed by atoms with E-state index in [1.165, 1.54) is 44.9 Å². The largest absolute Gasteiger partial charge is 0.379 e. The SMILES string of the molecule is CCCCOCCOC1CCCCCCC1Br. The highest BCUT2D eigenvalue weighted by Crippen LogP contribution is 2.25. The first-order chi connectivity index (χ1) is 8.34. The molecule has 1 aliphatic rings. The standard InChI is InChI=1S/C14H27BrO2/c1-2-3-10-16-11-12-17-14-9-7-5-4-6-8-13(14)15/h13-14H,2-12H2,1H3. The van der Waals surface area contributed by atoms with E-state index in [1.54, 1.807) is 0 Å². The lowest BCUT2D eigenvalue weighted by Crippen LogP contribution is -2.27. The van der Waals surface area contributed by atoms with Crippen molar-refractivity contribution in [2.75, 3.05) is 19.8 Å². The minimum atomic E-state index is 0.394. The fraction of sp³-hybridized carbons (Fsp3) is 1.00. The molecule has 2 atom stereocenters. The molecule has 1 rings (SSSR count). The molecule has 0 saturated heterocycles. The molecule has 1 fully saturated rings. The number of halogens is 1. The number of rotatable bonds is 7. The lowest BCUT2D eigenvalue weighted by atomic mass is 9.98. The highest BCUT2D eigenvalue weighted by atomic mass is 79.9. The zero-order valence-corrected chi connectivity index (χ0v) is 12.7. The Bertz CT molecular complexity index is 176. The Morgan fingerprint density at radius 1 is 1.00 bits per heavy atom. The van der Waals surface area contributed by atoms with Gasteiger partial charge in [-0.1, -0.05) is 55.0 Å². The van der Waals surface area contributed by atoms with Crippen LogP contribution in [-0.2, 0) is 9.47 Å². The fourth-order valence-corrected chi connectivity index (χ4v) is 2.94. The predicted molar refractivity (Wildman–Crippen MR) is 75.9 cm³/mol. The molecule has 0 radical (unpaired) electrons. The minimum absolute atomic E-state index is 0.394. The maximum absolute atomic E-state index is 5.94. The number of hydrogen-bond acceptors (Lipinski definition) is 2. The third kappa shape index (κ3) is 7.43. The quantitative estimate of drug-likeness (QED) is 0.515. The summed E-state index contributed by atoms with van der Waals surface area (Å²) in [5.41, 5.74) is 0. The van der Waals surface area contributed by atoms with Crippen molar-refractivity contribution in [3.05, 3.63) is 0 Å². The summed E-state index contributed by atoms with van der Waals surface area (Å²) in [4.78, 5) is 0.540. The molecule has 0 aromatic rings. The first-order valence-corrected chi connectivity index (χ1v) is 8.09. The van der Waals surface area contributed by atoms with Gasteiger partial charge in [-0.2, -0.15) is 0 Å². The van der Waals surface area contributed by atoms with E-state index >= 15 is 0 Å². The Labute approximate surface area is 115 Å². The predicted octanol–water partition coefficient (Wildman–Crippen LogP) is 4.31. The van der Waals surface area contributed by atoms with Gasteiger partial charge in [0, 0.05) is 11.4 Å². The lowest BCUT2D eigenvalue weighted by molar-refractivity contribution is -0.00238. The third-order valence-electron chi connectivity index (χ3n) is 3.32. The summed E-state index contributed by atoms with van der Waals surface area (Å²) in [7, 11) is 0. The normalized spacial score (nSPS) is 26.5. The molecule has 102 valence electrons. The molecule has 0 aromatic heterocycles. The fourth-order valence-electron chi connectivity index (χ4n) is 2.20. The smallest absolute Gasteiger partial charge is 0.0704 e. The average Bonchev–Trinajstić information content (AvgIpc) is 2.32. The van der Waals surface area contributed by atoms with Crippen LogP contribution in [0.5, 0.6) is 0 Å². The van der Waals surface area contributed by atoms with E-state index in [-0.39, 0.29) is 0 Å². The van der Waals surface area contributed by atoms with Crippen LogP contribution in [0, 0.1) is 0 Å². The Hall–Kier alpha value is 0.400. The molecule has 1 aliphatic carbocycles. The van der Waals surface area contributed by atoms with Gasteiger partial charge in [0.15, 0.2) is 0 Å². The summed E-state index contributed by atoms with van der Waals surface area (Å²) >= 11 is 3.77. The monoisotopic (exact) mass is 306 g/mol. The van der Waals surface area contributed by atoms with Gasteiger partial charge in [0.25, 0.3) is 0 Å². The molecule has 2 unspecified atom stereocenters. The van der Waals surface area contributed by atoms with Crippen molar-refractivity contribution in [2.45, 2.75) is 69.2 Å². The maximum atomic E-state index is 5.94. The van der Waals surface area contributed by atoms with Crippen molar-refractivity contribution in [1.29, 1.82) is 0 Å².